The molecule has 162 valence electrons. The van der Waals surface area contributed by atoms with Gasteiger partial charge in [0, 0.05) is 19.2 Å². The first-order valence-electron chi connectivity index (χ1n) is 8.66. The third-order valence-electron chi connectivity index (χ3n) is 3.96. The van der Waals surface area contributed by atoms with Crippen LogP contribution in [-0.2, 0) is 22.3 Å². The Bertz CT molecular complexity index is 1150. The first-order chi connectivity index (χ1) is 14.6. The molecular weight excluding hydrogens is 423 g/mol. The third kappa shape index (κ3) is 5.29. The van der Waals surface area contributed by atoms with Crippen molar-refractivity contribution >= 4 is 34.6 Å². The number of hydrogen-bond acceptors (Lipinski definition) is 7. The van der Waals surface area contributed by atoms with Crippen LogP contribution >= 0.6 is 0 Å². The van der Waals surface area contributed by atoms with Crippen LogP contribution in [0.25, 0.3) is 11.0 Å². The molecule has 0 saturated heterocycles. The number of hydrogen-bond donors (Lipinski definition) is 4. The van der Waals surface area contributed by atoms with Gasteiger partial charge in [0.15, 0.2) is 11.5 Å². The zero-order valence-electron chi connectivity index (χ0n) is 15.5. The lowest BCUT2D eigenvalue weighted by Crippen LogP contribution is -2.24. The number of carbonyl (C=O) groups is 3. The largest absolute Gasteiger partial charge is 0.481 e. The van der Waals surface area contributed by atoms with Crippen molar-refractivity contribution in [1.82, 2.24) is 30.5 Å². The number of alkyl halides is 3. The molecule has 0 atom stereocenters. The van der Waals surface area contributed by atoms with Gasteiger partial charge in [-0.05, 0) is 17.7 Å². The Labute approximate surface area is 171 Å². The fourth-order valence-electron chi connectivity index (χ4n) is 2.52. The van der Waals surface area contributed by atoms with Crippen LogP contribution in [0.5, 0.6) is 0 Å². The number of fused-ring (bicyclic) bond motifs is 1. The van der Waals surface area contributed by atoms with Gasteiger partial charge in [0.05, 0.1) is 6.42 Å². The molecule has 0 saturated carbocycles. The molecule has 0 aliphatic rings. The quantitative estimate of drug-likeness (QED) is 0.432. The van der Waals surface area contributed by atoms with E-state index in [1.165, 1.54) is 6.07 Å². The Hall–Kier alpha value is -4.10. The van der Waals surface area contributed by atoms with E-state index >= 15 is 0 Å². The van der Waals surface area contributed by atoms with Crippen LogP contribution in [0.4, 0.5) is 19.0 Å². The average Bonchev–Trinajstić information content (AvgIpc) is 3.13. The molecular formula is C17H14F3N7O4. The molecule has 0 fully saturated rings. The van der Waals surface area contributed by atoms with Crippen LogP contribution in [0.15, 0.2) is 24.7 Å². The van der Waals surface area contributed by atoms with Gasteiger partial charge in [-0.25, -0.2) is 9.97 Å². The number of carbonyl (C=O) groups excluding carboxylic acids is 2. The molecule has 4 N–H and O–H groups in total. The van der Waals surface area contributed by atoms with Crippen molar-refractivity contribution in [2.24, 2.45) is 0 Å². The summed E-state index contributed by atoms with van der Waals surface area (Å²) in [6.45, 7) is -0.219. The Balaban J connectivity index is 1.73. The Morgan fingerprint density at radius 1 is 1.13 bits per heavy atom. The lowest BCUT2D eigenvalue weighted by atomic mass is 10.2. The van der Waals surface area contributed by atoms with Crippen LogP contribution in [0.2, 0.25) is 0 Å². The summed E-state index contributed by atoms with van der Waals surface area (Å²) < 4.78 is 38.2. The number of anilines is 1. The standard InChI is InChI=1S/C17H14F3N7O4/c18-17(19,20)9-5-8(3-4-21-9)6-22-16(31)14-12-13(23-7-24-14)15(27-26-12)25-10(28)1-2-11(29)30/h3-5,7H,1-2,6H2,(H,22,31)(H,29,30)(H2,25,26,27,28). The lowest BCUT2D eigenvalue weighted by molar-refractivity contribution is -0.141. The molecule has 3 rings (SSSR count). The van der Waals surface area contributed by atoms with Crippen molar-refractivity contribution in [2.75, 3.05) is 5.32 Å². The topological polar surface area (TPSA) is 163 Å². The number of nitrogens with zero attached hydrogens (tertiary/aromatic N) is 4. The maximum absolute atomic E-state index is 12.7. The summed E-state index contributed by atoms with van der Waals surface area (Å²) in [7, 11) is 0. The number of rotatable bonds is 7. The number of pyridine rings is 1. The molecule has 11 nitrogen and oxygen atoms in total. The molecule has 2 amide bonds. The van der Waals surface area contributed by atoms with Crippen molar-refractivity contribution < 1.29 is 32.7 Å². The number of aromatic nitrogens is 5. The minimum Gasteiger partial charge on any atom is -0.481 e. The van der Waals surface area contributed by atoms with Gasteiger partial charge in [0.25, 0.3) is 5.91 Å². The Morgan fingerprint density at radius 2 is 1.90 bits per heavy atom. The second kappa shape index (κ2) is 8.73. The number of halogens is 3. The van der Waals surface area contributed by atoms with Crippen LogP contribution in [-0.4, -0.2) is 48.0 Å². The number of carboxylic acid groups (broad SMARTS) is 1. The highest BCUT2D eigenvalue weighted by Gasteiger charge is 2.32. The third-order valence-corrected chi connectivity index (χ3v) is 3.96. The predicted molar refractivity (Wildman–Crippen MR) is 97.6 cm³/mol. The smallest absolute Gasteiger partial charge is 0.433 e. The molecule has 0 aliphatic carbocycles. The number of H-pyrrole nitrogens is 1. The molecule has 3 aromatic rings. The van der Waals surface area contributed by atoms with E-state index in [-0.39, 0.29) is 47.5 Å². The minimum atomic E-state index is -4.61. The zero-order valence-corrected chi connectivity index (χ0v) is 15.5. The summed E-state index contributed by atoms with van der Waals surface area (Å²) in [4.78, 5) is 45.9. The molecule has 0 spiro atoms. The van der Waals surface area contributed by atoms with E-state index in [2.05, 4.69) is 35.8 Å². The van der Waals surface area contributed by atoms with Crippen molar-refractivity contribution in [3.05, 3.63) is 41.6 Å². The van der Waals surface area contributed by atoms with Crippen molar-refractivity contribution in [3.63, 3.8) is 0 Å². The SMILES string of the molecule is O=C(O)CCC(=O)Nc1n[nH]c2c(C(=O)NCc3ccnc(C(F)(F)F)c3)ncnc12. The maximum Gasteiger partial charge on any atom is 0.433 e. The molecule has 14 heteroatoms. The van der Waals surface area contributed by atoms with Crippen LogP contribution in [0.1, 0.15) is 34.6 Å². The maximum atomic E-state index is 12.7. The lowest BCUT2D eigenvalue weighted by Gasteiger charge is -2.09. The second-order valence-electron chi connectivity index (χ2n) is 6.19. The van der Waals surface area contributed by atoms with E-state index in [1.807, 2.05) is 0 Å². The second-order valence-corrected chi connectivity index (χ2v) is 6.19. The molecule has 0 unspecified atom stereocenters. The van der Waals surface area contributed by atoms with E-state index in [0.717, 1.165) is 18.6 Å². The number of carboxylic acids is 1. The van der Waals surface area contributed by atoms with Gasteiger partial charge < -0.3 is 15.7 Å². The van der Waals surface area contributed by atoms with Gasteiger partial charge in [0.2, 0.25) is 5.91 Å². The summed E-state index contributed by atoms with van der Waals surface area (Å²) >= 11 is 0. The zero-order chi connectivity index (χ0) is 22.6. The highest BCUT2D eigenvalue weighted by Crippen LogP contribution is 2.27. The summed E-state index contributed by atoms with van der Waals surface area (Å²) in [5.41, 5.74) is -0.863. The summed E-state index contributed by atoms with van der Waals surface area (Å²) in [6, 6.07) is 2.14. The van der Waals surface area contributed by atoms with Gasteiger partial charge in [-0.15, -0.1) is 0 Å². The fourth-order valence-corrected chi connectivity index (χ4v) is 2.52. The monoisotopic (exact) mass is 437 g/mol. The van der Waals surface area contributed by atoms with Gasteiger partial charge in [0.1, 0.15) is 23.1 Å². The number of amides is 2. The van der Waals surface area contributed by atoms with E-state index < -0.39 is 29.7 Å². The number of aliphatic carboxylic acids is 1. The highest BCUT2D eigenvalue weighted by molar-refractivity contribution is 6.06. The summed E-state index contributed by atoms with van der Waals surface area (Å²) in [6.07, 6.45) is -3.23. The molecule has 3 heterocycles. The van der Waals surface area contributed by atoms with Gasteiger partial charge in [-0.2, -0.15) is 18.3 Å². The van der Waals surface area contributed by atoms with Crippen molar-refractivity contribution in [3.8, 4) is 0 Å². The minimum absolute atomic E-state index is 0.0224. The predicted octanol–water partition coefficient (Wildman–Crippen LogP) is 1.50. The van der Waals surface area contributed by atoms with Crippen LogP contribution in [0, 0.1) is 0 Å². The van der Waals surface area contributed by atoms with E-state index in [9.17, 15) is 27.6 Å². The van der Waals surface area contributed by atoms with Crippen LogP contribution in [0.3, 0.4) is 0 Å². The van der Waals surface area contributed by atoms with E-state index in [0.29, 0.717) is 0 Å². The number of nitrogens with one attached hydrogen (secondary N) is 3. The van der Waals surface area contributed by atoms with Crippen molar-refractivity contribution in [1.29, 1.82) is 0 Å². The molecule has 0 radical (unpaired) electrons. The molecule has 0 aliphatic heterocycles. The molecule has 0 aromatic carbocycles. The first-order valence-corrected chi connectivity index (χ1v) is 8.66. The van der Waals surface area contributed by atoms with Gasteiger partial charge in [-0.3, -0.25) is 24.5 Å². The number of aromatic amines is 1. The van der Waals surface area contributed by atoms with Crippen molar-refractivity contribution in [2.45, 2.75) is 25.6 Å². The summed E-state index contributed by atoms with van der Waals surface area (Å²) in [5, 5.41) is 19.8. The Morgan fingerprint density at radius 3 is 2.61 bits per heavy atom. The fraction of sp³-hybridized carbons (Fsp3) is 0.235. The van der Waals surface area contributed by atoms with Gasteiger partial charge >= 0.3 is 12.1 Å². The molecule has 0 bridgehead atoms. The van der Waals surface area contributed by atoms with Gasteiger partial charge in [-0.1, -0.05) is 0 Å². The summed E-state index contributed by atoms with van der Waals surface area (Å²) in [5.74, 6) is -2.49. The van der Waals surface area contributed by atoms with E-state index in [4.69, 9.17) is 5.11 Å². The Kier molecular flexibility index (Phi) is 6.08. The molecule has 31 heavy (non-hydrogen) atoms. The average molecular weight is 437 g/mol. The first kappa shape index (κ1) is 21.6. The highest BCUT2D eigenvalue weighted by atomic mass is 19.4. The van der Waals surface area contributed by atoms with E-state index in [1.54, 1.807) is 0 Å². The molecule has 3 aromatic heterocycles. The van der Waals surface area contributed by atoms with Crippen LogP contribution < -0.4 is 10.6 Å². The normalized spacial score (nSPS) is 11.3.